The highest BCUT2D eigenvalue weighted by Gasteiger charge is 2.52. The Labute approximate surface area is 100.0 Å². The molecule has 2 nitrogen and oxygen atoms in total. The number of hydrogen-bond acceptors (Lipinski definition) is 2. The Hall–Kier alpha value is -1.67. The van der Waals surface area contributed by atoms with E-state index in [2.05, 4.69) is 17.1 Å². The van der Waals surface area contributed by atoms with Gasteiger partial charge in [0.05, 0.1) is 11.3 Å². The fraction of sp³-hybridized carbons (Fsp3) is 0.267. The largest absolute Gasteiger partial charge is 0.384 e. The molecule has 2 heteroatoms. The Morgan fingerprint density at radius 3 is 2.88 bits per heavy atom. The minimum absolute atomic E-state index is 0.260. The predicted molar refractivity (Wildman–Crippen MR) is 65.5 cm³/mol. The Bertz CT molecular complexity index is 607. The summed E-state index contributed by atoms with van der Waals surface area (Å²) < 4.78 is 0. The summed E-state index contributed by atoms with van der Waals surface area (Å²) in [7, 11) is 0. The van der Waals surface area contributed by atoms with E-state index in [1.54, 1.807) is 6.20 Å². The highest BCUT2D eigenvalue weighted by molar-refractivity contribution is 5.73. The number of fused-ring (bicyclic) bond motifs is 6. The van der Waals surface area contributed by atoms with Crippen molar-refractivity contribution in [3.8, 4) is 11.3 Å². The normalized spacial score (nSPS) is 28.6. The van der Waals surface area contributed by atoms with Crippen LogP contribution in [0.25, 0.3) is 11.3 Å². The van der Waals surface area contributed by atoms with E-state index < -0.39 is 5.60 Å². The van der Waals surface area contributed by atoms with Crippen molar-refractivity contribution in [1.29, 1.82) is 0 Å². The molecule has 2 aliphatic carbocycles. The molecule has 4 rings (SSSR count). The van der Waals surface area contributed by atoms with Crippen molar-refractivity contribution in [3.05, 3.63) is 53.7 Å². The van der Waals surface area contributed by atoms with Gasteiger partial charge in [-0.1, -0.05) is 30.3 Å². The summed E-state index contributed by atoms with van der Waals surface area (Å²) >= 11 is 0. The number of hydrogen-bond donors (Lipinski definition) is 1. The highest BCUT2D eigenvalue weighted by Crippen LogP contribution is 2.59. The summed E-state index contributed by atoms with van der Waals surface area (Å²) in [6.45, 7) is 0. The van der Waals surface area contributed by atoms with Gasteiger partial charge in [0, 0.05) is 23.2 Å². The molecule has 0 unspecified atom stereocenters. The molecule has 1 aromatic carbocycles. The molecule has 0 bridgehead atoms. The van der Waals surface area contributed by atoms with E-state index >= 15 is 0 Å². The molecule has 1 aromatic heterocycles. The van der Waals surface area contributed by atoms with Gasteiger partial charge in [0.25, 0.3) is 0 Å². The number of aromatic nitrogens is 1. The van der Waals surface area contributed by atoms with E-state index in [-0.39, 0.29) is 5.92 Å². The van der Waals surface area contributed by atoms with Crippen LogP contribution in [0.3, 0.4) is 0 Å². The van der Waals surface area contributed by atoms with Crippen LogP contribution >= 0.6 is 0 Å². The molecule has 2 aliphatic rings. The molecule has 2 atom stereocenters. The van der Waals surface area contributed by atoms with Crippen molar-refractivity contribution in [3.63, 3.8) is 0 Å². The van der Waals surface area contributed by atoms with E-state index in [1.807, 2.05) is 24.3 Å². The van der Waals surface area contributed by atoms with Gasteiger partial charge in [-0.25, -0.2) is 0 Å². The van der Waals surface area contributed by atoms with Crippen LogP contribution in [0.2, 0.25) is 0 Å². The molecule has 17 heavy (non-hydrogen) atoms. The zero-order chi connectivity index (χ0) is 11.5. The molecule has 0 saturated heterocycles. The number of pyridine rings is 1. The van der Waals surface area contributed by atoms with E-state index in [9.17, 15) is 5.11 Å². The van der Waals surface area contributed by atoms with Gasteiger partial charge in [0.15, 0.2) is 0 Å². The molecule has 1 saturated carbocycles. The van der Waals surface area contributed by atoms with Crippen molar-refractivity contribution in [2.45, 2.75) is 24.4 Å². The standard InChI is InChI=1S/C15H13NO/c17-15-8-7-12(15)10-4-1-2-5-11(10)14-13(15)6-3-9-16-14/h1-6,9,12,17H,7-8H2/t12-,15+/m1/s1. The maximum absolute atomic E-state index is 10.8. The Kier molecular flexibility index (Phi) is 1.63. The Morgan fingerprint density at radius 2 is 2.06 bits per heavy atom. The van der Waals surface area contributed by atoms with E-state index in [1.165, 1.54) is 11.1 Å². The van der Waals surface area contributed by atoms with E-state index in [0.29, 0.717) is 0 Å². The van der Waals surface area contributed by atoms with Crippen molar-refractivity contribution >= 4 is 0 Å². The van der Waals surface area contributed by atoms with E-state index in [4.69, 9.17) is 0 Å². The minimum atomic E-state index is -0.669. The molecule has 0 amide bonds. The number of rotatable bonds is 0. The van der Waals surface area contributed by atoms with Crippen LogP contribution < -0.4 is 0 Å². The summed E-state index contributed by atoms with van der Waals surface area (Å²) in [5, 5.41) is 10.8. The summed E-state index contributed by atoms with van der Waals surface area (Å²) in [6, 6.07) is 12.3. The topological polar surface area (TPSA) is 33.1 Å². The molecule has 0 radical (unpaired) electrons. The van der Waals surface area contributed by atoms with Gasteiger partial charge in [-0.15, -0.1) is 0 Å². The van der Waals surface area contributed by atoms with E-state index in [0.717, 1.165) is 24.1 Å². The van der Waals surface area contributed by atoms with Crippen molar-refractivity contribution in [2.24, 2.45) is 0 Å². The average Bonchev–Trinajstić information content (AvgIpc) is 2.36. The molecule has 0 aliphatic heterocycles. The van der Waals surface area contributed by atoms with Crippen LogP contribution in [-0.4, -0.2) is 10.1 Å². The van der Waals surface area contributed by atoms with Gasteiger partial charge in [-0.3, -0.25) is 4.98 Å². The van der Waals surface area contributed by atoms with Gasteiger partial charge < -0.3 is 5.11 Å². The van der Waals surface area contributed by atoms with Crippen LogP contribution in [-0.2, 0) is 5.60 Å². The lowest BCUT2D eigenvalue weighted by Gasteiger charge is -2.50. The summed E-state index contributed by atoms with van der Waals surface area (Å²) in [6.07, 6.45) is 3.73. The minimum Gasteiger partial charge on any atom is -0.384 e. The van der Waals surface area contributed by atoms with Gasteiger partial charge >= 0.3 is 0 Å². The molecule has 1 heterocycles. The maximum Gasteiger partial charge on any atom is 0.0986 e. The number of nitrogens with zero attached hydrogens (tertiary/aromatic N) is 1. The lowest BCUT2D eigenvalue weighted by atomic mass is 9.58. The van der Waals surface area contributed by atoms with Gasteiger partial charge in [0.2, 0.25) is 0 Å². The van der Waals surface area contributed by atoms with Crippen LogP contribution in [0, 0.1) is 0 Å². The van der Waals surface area contributed by atoms with Gasteiger partial charge in [-0.2, -0.15) is 0 Å². The third kappa shape index (κ3) is 1.01. The number of aliphatic hydroxyl groups is 1. The lowest BCUT2D eigenvalue weighted by Crippen LogP contribution is -2.45. The molecular weight excluding hydrogens is 210 g/mol. The first-order chi connectivity index (χ1) is 8.31. The predicted octanol–water partition coefficient (Wildman–Crippen LogP) is 2.83. The summed E-state index contributed by atoms with van der Waals surface area (Å²) in [5.41, 5.74) is 3.75. The molecule has 0 spiro atoms. The third-order valence-electron chi connectivity index (χ3n) is 4.26. The highest BCUT2D eigenvalue weighted by atomic mass is 16.3. The fourth-order valence-corrected chi connectivity index (χ4v) is 3.28. The smallest absolute Gasteiger partial charge is 0.0986 e. The second-order valence-corrected chi connectivity index (χ2v) is 5.00. The molecule has 84 valence electrons. The molecule has 1 N–H and O–H groups in total. The summed E-state index contributed by atoms with van der Waals surface area (Å²) in [5.74, 6) is 0.260. The van der Waals surface area contributed by atoms with Crippen LogP contribution in [0.15, 0.2) is 42.6 Å². The second kappa shape index (κ2) is 2.96. The molecular formula is C15H13NO. The Morgan fingerprint density at radius 1 is 1.18 bits per heavy atom. The molecule has 1 fully saturated rings. The van der Waals surface area contributed by atoms with Crippen LogP contribution in [0.1, 0.15) is 29.9 Å². The quantitative estimate of drug-likeness (QED) is 0.745. The third-order valence-corrected chi connectivity index (χ3v) is 4.26. The van der Waals surface area contributed by atoms with Gasteiger partial charge in [-0.05, 0) is 24.5 Å². The van der Waals surface area contributed by atoms with Crippen LogP contribution in [0.5, 0.6) is 0 Å². The first kappa shape index (κ1) is 9.37. The monoisotopic (exact) mass is 223 g/mol. The second-order valence-electron chi connectivity index (χ2n) is 5.00. The first-order valence-electron chi connectivity index (χ1n) is 6.08. The number of benzene rings is 1. The average molecular weight is 223 g/mol. The zero-order valence-electron chi connectivity index (χ0n) is 9.43. The summed E-state index contributed by atoms with van der Waals surface area (Å²) in [4.78, 5) is 4.46. The van der Waals surface area contributed by atoms with Crippen molar-refractivity contribution in [2.75, 3.05) is 0 Å². The van der Waals surface area contributed by atoms with Crippen molar-refractivity contribution < 1.29 is 5.11 Å². The SMILES string of the molecule is O[C@@]12CC[C@@H]1c1ccccc1-c1ncccc12. The molecule has 2 aromatic rings. The van der Waals surface area contributed by atoms with Gasteiger partial charge in [0.1, 0.15) is 0 Å². The zero-order valence-corrected chi connectivity index (χ0v) is 9.43. The Balaban J connectivity index is 2.09. The van der Waals surface area contributed by atoms with Crippen LogP contribution in [0.4, 0.5) is 0 Å². The fourth-order valence-electron chi connectivity index (χ4n) is 3.28. The maximum atomic E-state index is 10.8. The van der Waals surface area contributed by atoms with Crippen molar-refractivity contribution in [1.82, 2.24) is 4.98 Å². The first-order valence-corrected chi connectivity index (χ1v) is 6.08. The lowest BCUT2D eigenvalue weighted by molar-refractivity contribution is -0.0660.